The van der Waals surface area contributed by atoms with Crippen molar-refractivity contribution in [2.45, 2.75) is 19.4 Å². The van der Waals surface area contributed by atoms with Gasteiger partial charge in [0.1, 0.15) is 6.04 Å². The van der Waals surface area contributed by atoms with Gasteiger partial charge in [-0.2, -0.15) is 0 Å². The van der Waals surface area contributed by atoms with Crippen molar-refractivity contribution in [3.8, 4) is 0 Å². The number of aromatic nitrogens is 1. The predicted octanol–water partition coefficient (Wildman–Crippen LogP) is 2.36. The highest BCUT2D eigenvalue weighted by atomic mass is 16.4. The molecule has 0 fully saturated rings. The average Bonchev–Trinajstić information content (AvgIpc) is 2.39. The predicted molar refractivity (Wildman–Crippen MR) is 70.4 cm³/mol. The van der Waals surface area contributed by atoms with Gasteiger partial charge >= 0.3 is 5.97 Å². The van der Waals surface area contributed by atoms with Crippen LogP contribution in [-0.4, -0.2) is 22.6 Å². The van der Waals surface area contributed by atoms with Crippen molar-refractivity contribution >= 4 is 16.7 Å². The lowest BCUT2D eigenvalue weighted by Gasteiger charge is -2.15. The Hall–Kier alpha value is -1.94. The van der Waals surface area contributed by atoms with Crippen LogP contribution in [0.4, 0.5) is 0 Å². The normalized spacial score (nSPS) is 12.5. The molecule has 0 amide bonds. The number of fused-ring (bicyclic) bond motifs is 1. The van der Waals surface area contributed by atoms with E-state index in [0.717, 1.165) is 17.2 Å². The molecule has 2 rings (SSSR count). The molecule has 4 heteroatoms. The van der Waals surface area contributed by atoms with E-state index in [9.17, 15) is 9.90 Å². The Bertz CT molecular complexity index is 549. The van der Waals surface area contributed by atoms with E-state index in [-0.39, 0.29) is 0 Å². The quantitative estimate of drug-likeness (QED) is 0.847. The highest BCUT2D eigenvalue weighted by Gasteiger charge is 2.21. The summed E-state index contributed by atoms with van der Waals surface area (Å²) in [5.41, 5.74) is 0.717. The zero-order valence-corrected chi connectivity index (χ0v) is 10.3. The molecular formula is C14H16N2O2. The molecule has 18 heavy (non-hydrogen) atoms. The molecule has 1 aromatic heterocycles. The van der Waals surface area contributed by atoms with Gasteiger partial charge in [-0.3, -0.25) is 9.78 Å². The number of rotatable bonds is 5. The lowest BCUT2D eigenvalue weighted by atomic mass is 10.0. The number of benzene rings is 1. The third-order valence-corrected chi connectivity index (χ3v) is 2.86. The fourth-order valence-electron chi connectivity index (χ4n) is 1.99. The smallest absolute Gasteiger partial charge is 0.325 e. The van der Waals surface area contributed by atoms with E-state index in [1.807, 2.05) is 31.2 Å². The van der Waals surface area contributed by atoms with Crippen LogP contribution in [0, 0.1) is 0 Å². The first-order valence-corrected chi connectivity index (χ1v) is 6.03. The monoisotopic (exact) mass is 244 g/mol. The van der Waals surface area contributed by atoms with Crippen LogP contribution in [-0.2, 0) is 4.79 Å². The van der Waals surface area contributed by atoms with E-state index < -0.39 is 12.0 Å². The second-order valence-electron chi connectivity index (χ2n) is 4.18. The largest absolute Gasteiger partial charge is 0.480 e. The summed E-state index contributed by atoms with van der Waals surface area (Å²) >= 11 is 0. The molecule has 1 heterocycles. The third-order valence-electron chi connectivity index (χ3n) is 2.86. The first kappa shape index (κ1) is 12.5. The maximum absolute atomic E-state index is 11.4. The molecule has 1 unspecified atom stereocenters. The number of aliphatic carboxylic acids is 1. The summed E-state index contributed by atoms with van der Waals surface area (Å²) in [7, 11) is 0. The van der Waals surface area contributed by atoms with E-state index in [1.165, 1.54) is 0 Å². The van der Waals surface area contributed by atoms with E-state index in [4.69, 9.17) is 0 Å². The first-order chi connectivity index (χ1) is 8.74. The summed E-state index contributed by atoms with van der Waals surface area (Å²) < 4.78 is 0. The van der Waals surface area contributed by atoms with Gasteiger partial charge in [0, 0.05) is 23.3 Å². The van der Waals surface area contributed by atoms with Crippen molar-refractivity contribution < 1.29 is 9.90 Å². The average molecular weight is 244 g/mol. The van der Waals surface area contributed by atoms with Gasteiger partial charge in [-0.15, -0.1) is 0 Å². The SMILES string of the molecule is CCCNC(C(=O)O)c1cncc2ccccc12. The lowest BCUT2D eigenvalue weighted by molar-refractivity contribution is -0.139. The van der Waals surface area contributed by atoms with Crippen LogP contribution in [0.5, 0.6) is 0 Å². The minimum atomic E-state index is -0.874. The van der Waals surface area contributed by atoms with Crippen LogP contribution in [0.1, 0.15) is 24.9 Å². The molecule has 0 spiro atoms. The second kappa shape index (κ2) is 5.60. The Balaban J connectivity index is 2.46. The molecular weight excluding hydrogens is 228 g/mol. The Labute approximate surface area is 106 Å². The van der Waals surface area contributed by atoms with Gasteiger partial charge in [-0.25, -0.2) is 0 Å². The van der Waals surface area contributed by atoms with E-state index in [0.29, 0.717) is 12.1 Å². The maximum Gasteiger partial charge on any atom is 0.325 e. The van der Waals surface area contributed by atoms with E-state index in [1.54, 1.807) is 12.4 Å². The summed E-state index contributed by atoms with van der Waals surface area (Å²) in [5.74, 6) is -0.874. The van der Waals surface area contributed by atoms with Crippen LogP contribution in [0.3, 0.4) is 0 Å². The number of pyridine rings is 1. The summed E-state index contributed by atoms with van der Waals surface area (Å²) in [6.07, 6.45) is 4.27. The fraction of sp³-hybridized carbons (Fsp3) is 0.286. The van der Waals surface area contributed by atoms with Crippen molar-refractivity contribution in [3.05, 3.63) is 42.2 Å². The van der Waals surface area contributed by atoms with Crippen molar-refractivity contribution in [3.63, 3.8) is 0 Å². The highest BCUT2D eigenvalue weighted by Crippen LogP contribution is 2.23. The Morgan fingerprint density at radius 1 is 1.39 bits per heavy atom. The van der Waals surface area contributed by atoms with Gasteiger partial charge in [0.05, 0.1) is 0 Å². The van der Waals surface area contributed by atoms with Gasteiger partial charge in [0.15, 0.2) is 0 Å². The Morgan fingerprint density at radius 3 is 2.89 bits per heavy atom. The number of hydrogen-bond acceptors (Lipinski definition) is 3. The number of carbonyl (C=O) groups is 1. The number of carboxylic acids is 1. The van der Waals surface area contributed by atoms with Crippen molar-refractivity contribution in [1.29, 1.82) is 0 Å². The number of nitrogens with zero attached hydrogens (tertiary/aromatic N) is 1. The second-order valence-corrected chi connectivity index (χ2v) is 4.18. The number of nitrogens with one attached hydrogen (secondary N) is 1. The zero-order valence-electron chi connectivity index (χ0n) is 10.3. The lowest BCUT2D eigenvalue weighted by Crippen LogP contribution is -2.29. The van der Waals surface area contributed by atoms with E-state index in [2.05, 4.69) is 10.3 Å². The molecule has 0 bridgehead atoms. The molecule has 0 saturated carbocycles. The minimum Gasteiger partial charge on any atom is -0.480 e. The molecule has 1 atom stereocenters. The summed E-state index contributed by atoms with van der Waals surface area (Å²) in [4.78, 5) is 15.5. The fourth-order valence-corrected chi connectivity index (χ4v) is 1.99. The van der Waals surface area contributed by atoms with Gasteiger partial charge in [0.25, 0.3) is 0 Å². The molecule has 2 aromatic rings. The summed E-state index contributed by atoms with van der Waals surface area (Å²) in [6, 6.07) is 6.98. The van der Waals surface area contributed by atoms with Gasteiger partial charge in [-0.1, -0.05) is 31.2 Å². The Morgan fingerprint density at radius 2 is 2.17 bits per heavy atom. The molecule has 0 aliphatic rings. The van der Waals surface area contributed by atoms with Crippen LogP contribution < -0.4 is 5.32 Å². The molecule has 4 nitrogen and oxygen atoms in total. The standard InChI is InChI=1S/C14H16N2O2/c1-2-7-16-13(14(17)18)12-9-15-8-10-5-3-4-6-11(10)12/h3-6,8-9,13,16H,2,7H2,1H3,(H,17,18). The number of hydrogen-bond donors (Lipinski definition) is 2. The molecule has 0 aliphatic heterocycles. The van der Waals surface area contributed by atoms with Gasteiger partial charge < -0.3 is 10.4 Å². The zero-order chi connectivity index (χ0) is 13.0. The summed E-state index contributed by atoms with van der Waals surface area (Å²) in [6.45, 7) is 2.67. The van der Waals surface area contributed by atoms with Crippen molar-refractivity contribution in [2.24, 2.45) is 0 Å². The molecule has 0 radical (unpaired) electrons. The molecule has 2 N–H and O–H groups in total. The number of carboxylic acid groups (broad SMARTS) is 1. The maximum atomic E-state index is 11.4. The third kappa shape index (κ3) is 2.49. The van der Waals surface area contributed by atoms with Gasteiger partial charge in [-0.05, 0) is 18.4 Å². The van der Waals surface area contributed by atoms with Crippen LogP contribution in [0.15, 0.2) is 36.7 Å². The Kier molecular flexibility index (Phi) is 3.89. The van der Waals surface area contributed by atoms with Crippen LogP contribution >= 0.6 is 0 Å². The first-order valence-electron chi connectivity index (χ1n) is 6.03. The van der Waals surface area contributed by atoms with Crippen molar-refractivity contribution in [1.82, 2.24) is 10.3 Å². The molecule has 1 aromatic carbocycles. The minimum absolute atomic E-state index is 0.667. The van der Waals surface area contributed by atoms with Crippen molar-refractivity contribution in [2.75, 3.05) is 6.54 Å². The van der Waals surface area contributed by atoms with Crippen LogP contribution in [0.25, 0.3) is 10.8 Å². The van der Waals surface area contributed by atoms with Gasteiger partial charge in [0.2, 0.25) is 0 Å². The van der Waals surface area contributed by atoms with Crippen LogP contribution in [0.2, 0.25) is 0 Å². The molecule has 0 saturated heterocycles. The topological polar surface area (TPSA) is 62.2 Å². The summed E-state index contributed by atoms with van der Waals surface area (Å²) in [5, 5.41) is 14.3. The molecule has 94 valence electrons. The van der Waals surface area contributed by atoms with E-state index >= 15 is 0 Å². The molecule has 0 aliphatic carbocycles. The highest BCUT2D eigenvalue weighted by molar-refractivity contribution is 5.89.